The van der Waals surface area contributed by atoms with Crippen molar-refractivity contribution in [3.63, 3.8) is 0 Å². The number of aliphatic hydroxyl groups is 2. The summed E-state index contributed by atoms with van der Waals surface area (Å²) in [7, 11) is 0. The molecular weight excluding hydrogens is 507 g/mol. The molecule has 4 aromatic rings. The number of amides is 1. The normalized spacial score (nSPS) is 12.9. The van der Waals surface area contributed by atoms with Gasteiger partial charge in [-0.15, -0.1) is 0 Å². The van der Waals surface area contributed by atoms with Crippen molar-refractivity contribution in [2.75, 3.05) is 0 Å². The molecule has 0 saturated heterocycles. The third kappa shape index (κ3) is 7.20. The molecule has 2 atom stereocenters. The lowest BCUT2D eigenvalue weighted by Crippen LogP contribution is -2.25. The van der Waals surface area contributed by atoms with Gasteiger partial charge >= 0.3 is 0 Å². The Kier molecular flexibility index (Phi) is 9.79. The van der Waals surface area contributed by atoms with Crippen LogP contribution in [0.5, 0.6) is 0 Å². The Bertz CT molecular complexity index is 1400. The van der Waals surface area contributed by atoms with Crippen LogP contribution < -0.4 is 5.32 Å². The number of nitrogens with one attached hydrogen (secondary N) is 1. The second kappa shape index (κ2) is 13.5. The molecule has 0 spiro atoms. The van der Waals surface area contributed by atoms with E-state index < -0.39 is 12.2 Å². The fourth-order valence-electron chi connectivity index (χ4n) is 4.76. The maximum absolute atomic E-state index is 13.7. The zero-order valence-corrected chi connectivity index (χ0v) is 23.2. The average molecular weight is 545 g/mol. The molecule has 3 N–H and O–H groups in total. The average Bonchev–Trinajstić information content (AvgIpc) is 3.35. The number of halogens is 1. The largest absolute Gasteiger partial charge is 0.393 e. The van der Waals surface area contributed by atoms with Gasteiger partial charge in [-0.05, 0) is 67.1 Å². The van der Waals surface area contributed by atoms with Crippen molar-refractivity contribution >= 4 is 5.91 Å². The van der Waals surface area contributed by atoms with Crippen molar-refractivity contribution < 1.29 is 19.4 Å². The van der Waals surface area contributed by atoms with E-state index in [1.807, 2.05) is 67.8 Å². The van der Waals surface area contributed by atoms with Gasteiger partial charge in [0.2, 0.25) is 0 Å². The molecule has 0 saturated carbocycles. The lowest BCUT2D eigenvalue weighted by molar-refractivity contribution is 0.0711. The molecule has 0 radical (unpaired) electrons. The number of hydrogen-bond donors (Lipinski definition) is 3. The molecule has 0 aliphatic rings. The fraction of sp³-hybridized carbons (Fsp3) is 0.344. The monoisotopic (exact) mass is 544 g/mol. The van der Waals surface area contributed by atoms with Gasteiger partial charge < -0.3 is 20.1 Å². The Morgan fingerprint density at radius 2 is 1.73 bits per heavy atom. The van der Waals surface area contributed by atoms with Crippen LogP contribution in [0.25, 0.3) is 22.6 Å². The predicted molar refractivity (Wildman–Crippen MR) is 154 cm³/mol. The van der Waals surface area contributed by atoms with Crippen molar-refractivity contribution in [2.45, 2.75) is 71.2 Å². The Labute approximate surface area is 234 Å². The standard InChI is InChI=1S/C32H37FN4O3/c1-4-26(38)19-27(39)15-17-37-30(21(2)3)29(36-31(37)24-10-12-25(33)13-11-24)32(40)35-20-22-14-16-34-28(18-22)23-8-6-5-7-9-23/h5-14,16,18,21,26-27,38-39H,4,15,17,19-20H2,1-3H3,(H,35,40). The van der Waals surface area contributed by atoms with Gasteiger partial charge in [0.1, 0.15) is 17.3 Å². The van der Waals surface area contributed by atoms with E-state index in [-0.39, 0.29) is 24.1 Å². The fourth-order valence-corrected chi connectivity index (χ4v) is 4.76. The van der Waals surface area contributed by atoms with Gasteiger partial charge in [0.05, 0.1) is 23.6 Å². The molecule has 7 nitrogen and oxygen atoms in total. The van der Waals surface area contributed by atoms with Crippen molar-refractivity contribution in [1.29, 1.82) is 0 Å². The number of aliphatic hydroxyl groups excluding tert-OH is 2. The van der Waals surface area contributed by atoms with Gasteiger partial charge in [-0.3, -0.25) is 9.78 Å². The number of imidazole rings is 1. The quantitative estimate of drug-likeness (QED) is 0.212. The molecule has 2 unspecified atom stereocenters. The van der Waals surface area contributed by atoms with Crippen LogP contribution in [-0.2, 0) is 13.1 Å². The van der Waals surface area contributed by atoms with Crippen LogP contribution in [0, 0.1) is 5.82 Å². The second-order valence-corrected chi connectivity index (χ2v) is 10.3. The second-order valence-electron chi connectivity index (χ2n) is 10.3. The molecule has 2 aromatic carbocycles. The summed E-state index contributed by atoms with van der Waals surface area (Å²) in [4.78, 5) is 22.7. The van der Waals surface area contributed by atoms with Crippen molar-refractivity contribution in [3.8, 4) is 22.6 Å². The number of pyridine rings is 1. The van der Waals surface area contributed by atoms with Gasteiger partial charge in [0, 0.05) is 30.4 Å². The first-order valence-electron chi connectivity index (χ1n) is 13.8. The Morgan fingerprint density at radius 3 is 2.40 bits per heavy atom. The summed E-state index contributed by atoms with van der Waals surface area (Å²) in [6.07, 6.45) is 1.66. The van der Waals surface area contributed by atoms with E-state index >= 15 is 0 Å². The summed E-state index contributed by atoms with van der Waals surface area (Å²) in [5, 5.41) is 23.5. The molecule has 0 aliphatic carbocycles. The highest BCUT2D eigenvalue weighted by Crippen LogP contribution is 2.29. The van der Waals surface area contributed by atoms with Gasteiger partial charge in [0.25, 0.3) is 5.91 Å². The molecule has 0 fully saturated rings. The topological polar surface area (TPSA) is 100 Å². The molecule has 2 aromatic heterocycles. The first-order chi connectivity index (χ1) is 19.3. The zero-order chi connectivity index (χ0) is 28.6. The molecule has 2 heterocycles. The van der Waals surface area contributed by atoms with E-state index in [0.717, 1.165) is 22.5 Å². The van der Waals surface area contributed by atoms with E-state index in [0.29, 0.717) is 43.0 Å². The maximum Gasteiger partial charge on any atom is 0.272 e. The maximum atomic E-state index is 13.7. The number of rotatable bonds is 12. The molecule has 40 heavy (non-hydrogen) atoms. The van der Waals surface area contributed by atoms with E-state index in [1.165, 1.54) is 12.1 Å². The number of aromatic nitrogens is 3. The molecule has 0 aliphatic heterocycles. The Morgan fingerprint density at radius 1 is 1.00 bits per heavy atom. The molecule has 4 rings (SSSR count). The van der Waals surface area contributed by atoms with Gasteiger partial charge in [-0.1, -0.05) is 51.1 Å². The van der Waals surface area contributed by atoms with Gasteiger partial charge in [-0.2, -0.15) is 0 Å². The summed E-state index contributed by atoms with van der Waals surface area (Å²) in [6, 6.07) is 19.7. The van der Waals surface area contributed by atoms with Crippen molar-refractivity contribution in [3.05, 3.63) is 95.7 Å². The van der Waals surface area contributed by atoms with E-state index in [2.05, 4.69) is 10.3 Å². The summed E-state index contributed by atoms with van der Waals surface area (Å²) in [5.74, 6) is -0.190. The van der Waals surface area contributed by atoms with Crippen molar-refractivity contribution in [1.82, 2.24) is 19.9 Å². The van der Waals surface area contributed by atoms with Crippen LogP contribution in [0.3, 0.4) is 0 Å². The Hall–Kier alpha value is -3.88. The van der Waals surface area contributed by atoms with Crippen LogP contribution in [0.15, 0.2) is 72.9 Å². The van der Waals surface area contributed by atoms with Gasteiger partial charge in [0.15, 0.2) is 0 Å². The highest BCUT2D eigenvalue weighted by molar-refractivity contribution is 5.94. The highest BCUT2D eigenvalue weighted by atomic mass is 19.1. The lowest BCUT2D eigenvalue weighted by atomic mass is 10.1. The molecule has 1 amide bonds. The first kappa shape index (κ1) is 29.1. The number of carbonyl (C=O) groups is 1. The predicted octanol–water partition coefficient (Wildman–Crippen LogP) is 5.72. The van der Waals surface area contributed by atoms with Crippen molar-refractivity contribution in [2.24, 2.45) is 0 Å². The zero-order valence-electron chi connectivity index (χ0n) is 23.2. The summed E-state index contributed by atoms with van der Waals surface area (Å²) >= 11 is 0. The van der Waals surface area contributed by atoms with Crippen LogP contribution >= 0.6 is 0 Å². The summed E-state index contributed by atoms with van der Waals surface area (Å²) in [6.45, 7) is 6.54. The first-order valence-corrected chi connectivity index (χ1v) is 13.8. The van der Waals surface area contributed by atoms with E-state index in [4.69, 9.17) is 4.98 Å². The minimum atomic E-state index is -0.707. The third-order valence-corrected chi connectivity index (χ3v) is 6.92. The van der Waals surface area contributed by atoms with Crippen LogP contribution in [0.1, 0.15) is 67.7 Å². The van der Waals surface area contributed by atoms with E-state index in [9.17, 15) is 19.4 Å². The lowest BCUT2D eigenvalue weighted by Gasteiger charge is -2.19. The molecule has 0 bridgehead atoms. The van der Waals surface area contributed by atoms with Gasteiger partial charge in [-0.25, -0.2) is 9.37 Å². The van der Waals surface area contributed by atoms with Crippen LogP contribution in [0.2, 0.25) is 0 Å². The number of hydrogen-bond acceptors (Lipinski definition) is 5. The van der Waals surface area contributed by atoms with Crippen LogP contribution in [-0.4, -0.2) is 42.9 Å². The molecular formula is C32H37FN4O3. The third-order valence-electron chi connectivity index (χ3n) is 6.92. The minimum Gasteiger partial charge on any atom is -0.393 e. The number of benzene rings is 2. The van der Waals surface area contributed by atoms with Crippen LogP contribution in [0.4, 0.5) is 4.39 Å². The smallest absolute Gasteiger partial charge is 0.272 e. The summed E-state index contributed by atoms with van der Waals surface area (Å²) in [5.41, 5.74) is 4.43. The number of nitrogens with zero attached hydrogens (tertiary/aromatic N) is 3. The molecule has 8 heteroatoms. The van der Waals surface area contributed by atoms with E-state index in [1.54, 1.807) is 18.3 Å². The number of carbonyl (C=O) groups excluding carboxylic acids is 1. The highest BCUT2D eigenvalue weighted by Gasteiger charge is 2.26. The molecule has 210 valence electrons. The summed E-state index contributed by atoms with van der Waals surface area (Å²) < 4.78 is 15.6. The minimum absolute atomic E-state index is 0.0496. The SMILES string of the molecule is CCC(O)CC(O)CCn1c(-c2ccc(F)cc2)nc(C(=O)NCc2ccnc(-c3ccccc3)c2)c1C(C)C. The Balaban J connectivity index is 1.61.